The van der Waals surface area contributed by atoms with E-state index < -0.39 is 11.7 Å². The fraction of sp³-hybridized carbons (Fsp3) is 0.346. The van der Waals surface area contributed by atoms with Gasteiger partial charge in [0.1, 0.15) is 6.54 Å². The van der Waals surface area contributed by atoms with Gasteiger partial charge in [-0.2, -0.15) is 0 Å². The highest BCUT2D eigenvalue weighted by Gasteiger charge is 2.24. The molecule has 1 aliphatic rings. The van der Waals surface area contributed by atoms with Crippen LogP contribution >= 0.6 is 0 Å². The molecule has 0 unspecified atom stereocenters. The van der Waals surface area contributed by atoms with E-state index in [2.05, 4.69) is 5.32 Å². The number of likely N-dealkylation sites (tertiary alicyclic amines) is 1. The van der Waals surface area contributed by atoms with Crippen LogP contribution in [0.25, 0.3) is 10.9 Å². The quantitative estimate of drug-likeness (QED) is 0.481. The van der Waals surface area contributed by atoms with E-state index in [4.69, 9.17) is 0 Å². The van der Waals surface area contributed by atoms with Crippen LogP contribution in [0.4, 0.5) is 5.69 Å². The Kier molecular flexibility index (Phi) is 6.12. The van der Waals surface area contributed by atoms with Crippen LogP contribution in [0.5, 0.6) is 0 Å². The molecule has 2 aromatic carbocycles. The third kappa shape index (κ3) is 4.31. The average molecular weight is 432 g/mol. The van der Waals surface area contributed by atoms with Crippen LogP contribution in [0.1, 0.15) is 46.3 Å². The van der Waals surface area contributed by atoms with Gasteiger partial charge in [0, 0.05) is 35.9 Å². The predicted molar refractivity (Wildman–Crippen MR) is 126 cm³/mol. The van der Waals surface area contributed by atoms with E-state index in [9.17, 15) is 14.4 Å². The highest BCUT2D eigenvalue weighted by molar-refractivity contribution is 6.48. The van der Waals surface area contributed by atoms with E-state index in [0.717, 1.165) is 54.6 Å². The Balaban J connectivity index is 1.60. The molecule has 2 heterocycles. The van der Waals surface area contributed by atoms with Crippen molar-refractivity contribution in [3.8, 4) is 0 Å². The summed E-state index contributed by atoms with van der Waals surface area (Å²) in [4.78, 5) is 40.7. The fourth-order valence-electron chi connectivity index (χ4n) is 4.62. The number of fused-ring (bicyclic) bond motifs is 1. The van der Waals surface area contributed by atoms with Crippen LogP contribution in [0, 0.1) is 20.8 Å². The van der Waals surface area contributed by atoms with Gasteiger partial charge in [-0.25, -0.2) is 0 Å². The van der Waals surface area contributed by atoms with Crippen LogP contribution in [-0.2, 0) is 16.1 Å². The number of benzene rings is 2. The van der Waals surface area contributed by atoms with Crippen molar-refractivity contribution in [2.75, 3.05) is 18.4 Å². The molecule has 0 saturated carbocycles. The Morgan fingerprint density at radius 2 is 1.59 bits per heavy atom. The van der Waals surface area contributed by atoms with Crippen molar-refractivity contribution < 1.29 is 14.4 Å². The zero-order valence-electron chi connectivity index (χ0n) is 18.9. The Morgan fingerprint density at radius 1 is 0.938 bits per heavy atom. The lowest BCUT2D eigenvalue weighted by Crippen LogP contribution is -2.37. The number of hydrogen-bond acceptors (Lipinski definition) is 3. The summed E-state index contributed by atoms with van der Waals surface area (Å²) in [5.41, 5.74) is 4.68. The molecule has 0 bridgehead atoms. The number of aromatic nitrogens is 1. The second kappa shape index (κ2) is 8.99. The van der Waals surface area contributed by atoms with Crippen molar-refractivity contribution in [3.63, 3.8) is 0 Å². The standard InChI is InChI=1S/C26H29N3O3/c1-17-13-18(2)24(19(3)14-17)27-26(32)25(31)21-15-29(22-10-6-5-9-20(21)22)16-23(30)28-11-7-4-8-12-28/h5-6,9-10,13-15H,4,7-8,11-12,16H2,1-3H3,(H,27,32). The lowest BCUT2D eigenvalue weighted by atomic mass is 10.0. The van der Waals surface area contributed by atoms with Gasteiger partial charge in [0.15, 0.2) is 0 Å². The summed E-state index contributed by atoms with van der Waals surface area (Å²) in [6.07, 6.45) is 4.85. The van der Waals surface area contributed by atoms with E-state index >= 15 is 0 Å². The number of hydrogen-bond donors (Lipinski definition) is 1. The van der Waals surface area contributed by atoms with Crippen molar-refractivity contribution in [2.45, 2.75) is 46.6 Å². The molecule has 6 heteroatoms. The first-order valence-corrected chi connectivity index (χ1v) is 11.1. The molecule has 1 fully saturated rings. The fourth-order valence-corrected chi connectivity index (χ4v) is 4.62. The zero-order valence-corrected chi connectivity index (χ0v) is 18.9. The molecule has 0 radical (unpaired) electrons. The minimum atomic E-state index is -0.676. The summed E-state index contributed by atoms with van der Waals surface area (Å²) in [5.74, 6) is -1.24. The lowest BCUT2D eigenvalue weighted by Gasteiger charge is -2.27. The van der Waals surface area contributed by atoms with E-state index in [1.54, 1.807) is 10.8 Å². The van der Waals surface area contributed by atoms with Crippen molar-refractivity contribution >= 4 is 34.2 Å². The minimum absolute atomic E-state index is 0.0415. The minimum Gasteiger partial charge on any atom is -0.341 e. The third-order valence-electron chi connectivity index (χ3n) is 6.17. The molecule has 6 nitrogen and oxygen atoms in total. The number of aryl methyl sites for hydroxylation is 3. The molecule has 0 atom stereocenters. The van der Waals surface area contributed by atoms with E-state index in [-0.39, 0.29) is 12.5 Å². The number of rotatable bonds is 5. The van der Waals surface area contributed by atoms with Crippen molar-refractivity contribution in [2.24, 2.45) is 0 Å². The van der Waals surface area contributed by atoms with E-state index in [1.807, 2.05) is 62.1 Å². The van der Waals surface area contributed by atoms with Gasteiger partial charge in [-0.3, -0.25) is 14.4 Å². The summed E-state index contributed by atoms with van der Waals surface area (Å²) in [6.45, 7) is 7.54. The van der Waals surface area contributed by atoms with Gasteiger partial charge < -0.3 is 14.8 Å². The Bertz CT molecular complexity index is 1180. The summed E-state index contributed by atoms with van der Waals surface area (Å²) >= 11 is 0. The average Bonchev–Trinajstić information content (AvgIpc) is 3.14. The van der Waals surface area contributed by atoms with Gasteiger partial charge in [-0.05, 0) is 57.2 Å². The predicted octanol–water partition coefficient (Wildman–Crippen LogP) is 4.40. The number of anilines is 1. The first kappa shape index (κ1) is 21.8. The van der Waals surface area contributed by atoms with Gasteiger partial charge in [-0.1, -0.05) is 35.9 Å². The molecule has 2 amide bonds. The maximum absolute atomic E-state index is 13.1. The van der Waals surface area contributed by atoms with Crippen LogP contribution < -0.4 is 5.32 Å². The smallest absolute Gasteiger partial charge is 0.296 e. The first-order valence-electron chi connectivity index (χ1n) is 11.1. The molecule has 1 N–H and O–H groups in total. The van der Waals surface area contributed by atoms with Gasteiger partial charge in [0.25, 0.3) is 11.7 Å². The molecule has 32 heavy (non-hydrogen) atoms. The Hall–Kier alpha value is -3.41. The highest BCUT2D eigenvalue weighted by Crippen LogP contribution is 2.25. The number of Topliss-reactive ketones (excluding diaryl/α,β-unsaturated/α-hetero) is 1. The second-order valence-corrected chi connectivity index (χ2v) is 8.69. The largest absolute Gasteiger partial charge is 0.341 e. The molecular formula is C26H29N3O3. The molecule has 4 rings (SSSR count). The second-order valence-electron chi connectivity index (χ2n) is 8.69. The molecule has 166 valence electrons. The van der Waals surface area contributed by atoms with E-state index in [1.165, 1.54) is 0 Å². The highest BCUT2D eigenvalue weighted by atomic mass is 16.2. The number of carbonyl (C=O) groups is 3. The normalized spacial score (nSPS) is 13.9. The molecular weight excluding hydrogens is 402 g/mol. The third-order valence-corrected chi connectivity index (χ3v) is 6.17. The number of amides is 2. The molecule has 0 spiro atoms. The van der Waals surface area contributed by atoms with Gasteiger partial charge in [-0.15, -0.1) is 0 Å². The molecule has 0 aliphatic carbocycles. The van der Waals surface area contributed by atoms with Crippen LogP contribution in [-0.4, -0.2) is 40.2 Å². The van der Waals surface area contributed by atoms with Crippen molar-refractivity contribution in [1.29, 1.82) is 0 Å². The summed E-state index contributed by atoms with van der Waals surface area (Å²) in [7, 11) is 0. The maximum atomic E-state index is 13.1. The van der Waals surface area contributed by atoms with Crippen LogP contribution in [0.3, 0.4) is 0 Å². The first-order chi connectivity index (χ1) is 15.3. The van der Waals surface area contributed by atoms with Crippen molar-refractivity contribution in [1.82, 2.24) is 9.47 Å². The van der Waals surface area contributed by atoms with Gasteiger partial charge >= 0.3 is 0 Å². The SMILES string of the molecule is Cc1cc(C)c(NC(=O)C(=O)c2cn(CC(=O)N3CCCCC3)c3ccccc23)c(C)c1. The van der Waals surface area contributed by atoms with Crippen molar-refractivity contribution in [3.05, 3.63) is 64.8 Å². The molecule has 1 aromatic heterocycles. The van der Waals surface area contributed by atoms with Gasteiger partial charge in [0.2, 0.25) is 5.91 Å². The molecule has 1 aliphatic heterocycles. The Labute approximate surface area is 188 Å². The number of ketones is 1. The molecule has 3 aromatic rings. The van der Waals surface area contributed by atoms with Crippen LogP contribution in [0.15, 0.2) is 42.6 Å². The number of nitrogens with zero attached hydrogens (tertiary/aromatic N) is 2. The monoisotopic (exact) mass is 431 g/mol. The topological polar surface area (TPSA) is 71.4 Å². The number of piperidine rings is 1. The summed E-state index contributed by atoms with van der Waals surface area (Å²) in [5, 5.41) is 3.47. The maximum Gasteiger partial charge on any atom is 0.296 e. The zero-order chi connectivity index (χ0) is 22.8. The number of nitrogens with one attached hydrogen (secondary N) is 1. The van der Waals surface area contributed by atoms with Crippen LogP contribution in [0.2, 0.25) is 0 Å². The molecule has 1 saturated heterocycles. The summed E-state index contributed by atoms with van der Waals surface area (Å²) < 4.78 is 1.79. The van der Waals surface area contributed by atoms with E-state index in [0.29, 0.717) is 16.6 Å². The lowest BCUT2D eigenvalue weighted by molar-refractivity contribution is -0.132. The number of carbonyl (C=O) groups excluding carboxylic acids is 3. The Morgan fingerprint density at radius 3 is 2.28 bits per heavy atom. The van der Waals surface area contributed by atoms with Gasteiger partial charge in [0.05, 0.1) is 5.56 Å². The summed E-state index contributed by atoms with van der Waals surface area (Å²) in [6, 6.07) is 11.4. The number of para-hydroxylation sites is 1.